The third kappa shape index (κ3) is 2.66. The number of nitrogens with one attached hydrogen (secondary N) is 1. The summed E-state index contributed by atoms with van der Waals surface area (Å²) in [6.45, 7) is 2.22. The number of hydrogen-bond acceptors (Lipinski definition) is 4. The van der Waals surface area contributed by atoms with E-state index in [1.54, 1.807) is 24.0 Å². The number of amides is 1. The van der Waals surface area contributed by atoms with Gasteiger partial charge in [0.2, 0.25) is 5.91 Å². The number of carbonyl (C=O) groups is 1. The van der Waals surface area contributed by atoms with Gasteiger partial charge in [0, 0.05) is 29.8 Å². The van der Waals surface area contributed by atoms with Crippen molar-refractivity contribution in [1.29, 1.82) is 10.5 Å². The summed E-state index contributed by atoms with van der Waals surface area (Å²) >= 11 is 3.46. The molecule has 1 aliphatic heterocycles. The number of allylic oxidation sites excluding steroid dienone is 1. The van der Waals surface area contributed by atoms with Gasteiger partial charge < -0.3 is 10.2 Å². The zero-order valence-corrected chi connectivity index (χ0v) is 12.4. The first-order chi connectivity index (χ1) is 9.56. The van der Waals surface area contributed by atoms with Crippen LogP contribution < -0.4 is 10.2 Å². The number of halogens is 1. The lowest BCUT2D eigenvalue weighted by Gasteiger charge is -2.17. The Morgan fingerprint density at radius 1 is 1.45 bits per heavy atom. The Kier molecular flexibility index (Phi) is 4.07. The van der Waals surface area contributed by atoms with Crippen molar-refractivity contribution < 1.29 is 4.79 Å². The van der Waals surface area contributed by atoms with Gasteiger partial charge in [-0.05, 0) is 40.0 Å². The van der Waals surface area contributed by atoms with E-state index in [4.69, 9.17) is 10.5 Å². The van der Waals surface area contributed by atoms with E-state index in [0.29, 0.717) is 6.54 Å². The summed E-state index contributed by atoms with van der Waals surface area (Å²) in [4.78, 5) is 13.3. The second kappa shape index (κ2) is 5.77. The quantitative estimate of drug-likeness (QED) is 0.845. The Balaban J connectivity index is 2.32. The molecule has 20 heavy (non-hydrogen) atoms. The third-order valence-corrected chi connectivity index (χ3v) is 3.63. The second-order valence-corrected chi connectivity index (χ2v) is 5.17. The summed E-state index contributed by atoms with van der Waals surface area (Å²) in [7, 11) is 0. The monoisotopic (exact) mass is 330 g/mol. The van der Waals surface area contributed by atoms with Crippen LogP contribution in [0, 0.1) is 22.7 Å². The van der Waals surface area contributed by atoms with E-state index >= 15 is 0 Å². The van der Waals surface area contributed by atoms with E-state index in [9.17, 15) is 4.79 Å². The molecule has 0 aromatic heterocycles. The van der Waals surface area contributed by atoms with Crippen molar-refractivity contribution >= 4 is 33.2 Å². The van der Waals surface area contributed by atoms with Gasteiger partial charge in [0.1, 0.15) is 17.7 Å². The van der Waals surface area contributed by atoms with Crippen LogP contribution in [-0.4, -0.2) is 12.5 Å². The number of nitrogens with zero attached hydrogens (tertiary/aromatic N) is 3. The molecule has 1 aromatic carbocycles. The van der Waals surface area contributed by atoms with Gasteiger partial charge in [0.15, 0.2) is 0 Å². The Labute approximate surface area is 125 Å². The third-order valence-electron chi connectivity index (χ3n) is 3.02. The highest BCUT2D eigenvalue weighted by atomic mass is 79.9. The van der Waals surface area contributed by atoms with E-state index in [-0.39, 0.29) is 11.5 Å². The molecule has 0 saturated heterocycles. The molecule has 2 rings (SSSR count). The SMILES string of the molecule is CC(=O)N1CCc2cc(NC=C(C#N)C#N)cc(Br)c21. The number of anilines is 2. The molecule has 0 bridgehead atoms. The average molecular weight is 331 g/mol. The van der Waals surface area contributed by atoms with Crippen molar-refractivity contribution in [2.75, 3.05) is 16.8 Å². The summed E-state index contributed by atoms with van der Waals surface area (Å²) in [5.74, 6) is 0.0151. The van der Waals surface area contributed by atoms with Crippen molar-refractivity contribution in [3.8, 4) is 12.1 Å². The maximum Gasteiger partial charge on any atom is 0.223 e. The van der Waals surface area contributed by atoms with E-state index < -0.39 is 0 Å². The van der Waals surface area contributed by atoms with Crippen molar-refractivity contribution in [1.82, 2.24) is 0 Å². The molecule has 0 saturated carbocycles. The van der Waals surface area contributed by atoms with Crippen LogP contribution in [0.3, 0.4) is 0 Å². The lowest BCUT2D eigenvalue weighted by atomic mass is 10.1. The molecule has 1 heterocycles. The molecule has 0 radical (unpaired) electrons. The van der Waals surface area contributed by atoms with Crippen LogP contribution in [-0.2, 0) is 11.2 Å². The van der Waals surface area contributed by atoms with E-state index in [2.05, 4.69) is 21.2 Å². The first-order valence-corrected chi connectivity index (χ1v) is 6.73. The smallest absolute Gasteiger partial charge is 0.223 e. The van der Waals surface area contributed by atoms with Gasteiger partial charge in [-0.2, -0.15) is 10.5 Å². The zero-order valence-electron chi connectivity index (χ0n) is 10.8. The summed E-state index contributed by atoms with van der Waals surface area (Å²) in [5.41, 5.74) is 2.73. The van der Waals surface area contributed by atoms with Crippen LogP contribution >= 0.6 is 15.9 Å². The fourth-order valence-electron chi connectivity index (χ4n) is 2.14. The van der Waals surface area contributed by atoms with Crippen LogP contribution in [0.15, 0.2) is 28.4 Å². The summed E-state index contributed by atoms with van der Waals surface area (Å²) in [6, 6.07) is 7.31. The molecule has 0 spiro atoms. The number of nitriles is 2. The predicted molar refractivity (Wildman–Crippen MR) is 78.8 cm³/mol. The first kappa shape index (κ1) is 14.1. The molecule has 5 nitrogen and oxygen atoms in total. The molecule has 0 atom stereocenters. The molecule has 1 N–H and O–H groups in total. The molecule has 6 heteroatoms. The maximum absolute atomic E-state index is 11.5. The molecule has 1 aromatic rings. The van der Waals surface area contributed by atoms with Gasteiger partial charge in [-0.25, -0.2) is 0 Å². The molecule has 1 amide bonds. The van der Waals surface area contributed by atoms with Crippen LogP contribution in [0.2, 0.25) is 0 Å². The highest BCUT2D eigenvalue weighted by Crippen LogP contribution is 2.38. The number of hydrogen-bond donors (Lipinski definition) is 1. The van der Waals surface area contributed by atoms with Gasteiger partial charge in [-0.1, -0.05) is 0 Å². The molecule has 100 valence electrons. The van der Waals surface area contributed by atoms with Gasteiger partial charge >= 0.3 is 0 Å². The fraction of sp³-hybridized carbons (Fsp3) is 0.214. The van der Waals surface area contributed by atoms with Gasteiger partial charge in [-0.15, -0.1) is 0 Å². The largest absolute Gasteiger partial charge is 0.360 e. The number of carbonyl (C=O) groups excluding carboxylic acids is 1. The minimum absolute atomic E-state index is 0.00647. The molecular formula is C14H11BrN4O. The van der Waals surface area contributed by atoms with Gasteiger partial charge in [0.05, 0.1) is 5.69 Å². The molecular weight excluding hydrogens is 320 g/mol. The fourth-order valence-corrected chi connectivity index (χ4v) is 2.85. The number of benzene rings is 1. The van der Waals surface area contributed by atoms with Gasteiger partial charge in [-0.3, -0.25) is 4.79 Å². The summed E-state index contributed by atoms with van der Waals surface area (Å²) < 4.78 is 0.814. The van der Waals surface area contributed by atoms with Crippen LogP contribution in [0.5, 0.6) is 0 Å². The average Bonchev–Trinajstić information content (AvgIpc) is 2.84. The Morgan fingerprint density at radius 3 is 2.75 bits per heavy atom. The van der Waals surface area contributed by atoms with Crippen molar-refractivity contribution in [2.24, 2.45) is 0 Å². The zero-order chi connectivity index (χ0) is 14.7. The summed E-state index contributed by atoms with van der Waals surface area (Å²) in [5, 5.41) is 20.3. The Bertz CT molecular complexity index is 666. The van der Waals surface area contributed by atoms with E-state index in [0.717, 1.165) is 27.8 Å². The summed E-state index contributed by atoms with van der Waals surface area (Å²) in [6.07, 6.45) is 2.15. The highest BCUT2D eigenvalue weighted by Gasteiger charge is 2.25. The van der Waals surface area contributed by atoms with Crippen LogP contribution in [0.1, 0.15) is 12.5 Å². The normalized spacial score (nSPS) is 12.1. The van der Waals surface area contributed by atoms with E-state index in [1.807, 2.05) is 12.1 Å². The maximum atomic E-state index is 11.5. The van der Waals surface area contributed by atoms with Crippen molar-refractivity contribution in [3.05, 3.63) is 33.9 Å². The Hall–Kier alpha value is -2.31. The lowest BCUT2D eigenvalue weighted by molar-refractivity contribution is -0.116. The molecule has 1 aliphatic rings. The van der Waals surface area contributed by atoms with Crippen LogP contribution in [0.25, 0.3) is 0 Å². The first-order valence-electron chi connectivity index (χ1n) is 5.94. The molecule has 0 aliphatic carbocycles. The van der Waals surface area contributed by atoms with Crippen molar-refractivity contribution in [3.63, 3.8) is 0 Å². The predicted octanol–water partition coefficient (Wildman–Crippen LogP) is 2.70. The van der Waals surface area contributed by atoms with Crippen LogP contribution in [0.4, 0.5) is 11.4 Å². The topological polar surface area (TPSA) is 79.9 Å². The minimum atomic E-state index is 0.00647. The number of fused-ring (bicyclic) bond motifs is 1. The highest BCUT2D eigenvalue weighted by molar-refractivity contribution is 9.10. The molecule has 0 unspecified atom stereocenters. The van der Waals surface area contributed by atoms with E-state index in [1.165, 1.54) is 6.20 Å². The Morgan fingerprint density at radius 2 is 2.15 bits per heavy atom. The van der Waals surface area contributed by atoms with Crippen molar-refractivity contribution in [2.45, 2.75) is 13.3 Å². The minimum Gasteiger partial charge on any atom is -0.360 e. The number of rotatable bonds is 2. The van der Waals surface area contributed by atoms with Gasteiger partial charge in [0.25, 0.3) is 0 Å². The molecule has 0 fully saturated rings. The second-order valence-electron chi connectivity index (χ2n) is 4.31. The lowest BCUT2D eigenvalue weighted by Crippen LogP contribution is -2.26. The standard InChI is InChI=1S/C14H11BrN4O/c1-9(20)19-3-2-11-4-12(5-13(15)14(11)19)18-8-10(6-16)7-17/h4-5,8,18H,2-3H2,1H3.